The highest BCUT2D eigenvalue weighted by Gasteiger charge is 2.41. The van der Waals surface area contributed by atoms with Crippen molar-refractivity contribution in [1.82, 2.24) is 0 Å². The molecule has 154 valence electrons. The van der Waals surface area contributed by atoms with Crippen LogP contribution in [0.5, 0.6) is 0 Å². The highest BCUT2D eigenvalue weighted by molar-refractivity contribution is 6.31. The van der Waals surface area contributed by atoms with E-state index in [0.717, 1.165) is 22.3 Å². The minimum absolute atomic E-state index is 0.0224. The van der Waals surface area contributed by atoms with Crippen LogP contribution in [0.2, 0.25) is 10.0 Å². The maximum Gasteiger partial charge on any atom is 0.193 e. The van der Waals surface area contributed by atoms with Crippen LogP contribution in [0.3, 0.4) is 0 Å². The Morgan fingerprint density at radius 1 is 0.469 bits per heavy atom. The predicted molar refractivity (Wildman–Crippen MR) is 126 cm³/mol. The lowest BCUT2D eigenvalue weighted by molar-refractivity contribution is 0.102. The van der Waals surface area contributed by atoms with Crippen LogP contribution >= 0.6 is 23.2 Å². The summed E-state index contributed by atoms with van der Waals surface area (Å²) in [6.07, 6.45) is 0. The number of carbonyl (C=O) groups is 2. The van der Waals surface area contributed by atoms with Crippen LogP contribution in [-0.4, -0.2) is 11.6 Å². The maximum atomic E-state index is 13.3. The van der Waals surface area contributed by atoms with Crippen molar-refractivity contribution in [3.05, 3.63) is 139 Å². The Kier molecular flexibility index (Phi) is 4.36. The molecule has 0 fully saturated rings. The lowest BCUT2D eigenvalue weighted by Crippen LogP contribution is -2.29. The molecule has 0 aliphatic heterocycles. The quantitative estimate of drug-likeness (QED) is 0.308. The van der Waals surface area contributed by atoms with Crippen molar-refractivity contribution in [3.8, 4) is 0 Å². The molecule has 0 bridgehead atoms. The zero-order chi connectivity index (χ0) is 22.0. The van der Waals surface area contributed by atoms with Gasteiger partial charge < -0.3 is 0 Å². The van der Waals surface area contributed by atoms with Crippen molar-refractivity contribution in [2.45, 2.75) is 11.8 Å². The number of carbonyl (C=O) groups excluding carboxylic acids is 2. The van der Waals surface area contributed by atoms with Crippen LogP contribution < -0.4 is 0 Å². The van der Waals surface area contributed by atoms with Crippen LogP contribution in [0.25, 0.3) is 0 Å². The zero-order valence-corrected chi connectivity index (χ0v) is 18.3. The minimum Gasteiger partial charge on any atom is -0.289 e. The average Bonchev–Trinajstić information content (AvgIpc) is 2.81. The minimum atomic E-state index is -0.148. The zero-order valence-electron chi connectivity index (χ0n) is 16.8. The summed E-state index contributed by atoms with van der Waals surface area (Å²) in [6.45, 7) is 0. The standard InChI is InChI=1S/C28H16Cl2O2/c29-15-9-11-19-23(13-15)27(31)21-7-3-1-5-17(21)25(19)26-18-6-2-4-8-22(18)28(32)24-14-16(30)10-12-20(24)26/h1-14,25-26H. The number of hydrogen-bond acceptors (Lipinski definition) is 2. The van der Waals surface area contributed by atoms with Crippen molar-refractivity contribution < 1.29 is 9.59 Å². The normalized spacial score (nSPS) is 18.4. The Morgan fingerprint density at radius 2 is 0.844 bits per heavy atom. The summed E-state index contributed by atoms with van der Waals surface area (Å²) in [5.74, 6) is -0.340. The highest BCUT2D eigenvalue weighted by atomic mass is 35.5. The smallest absolute Gasteiger partial charge is 0.193 e. The van der Waals surface area contributed by atoms with Crippen molar-refractivity contribution in [2.24, 2.45) is 0 Å². The van der Waals surface area contributed by atoms with Gasteiger partial charge in [0.25, 0.3) is 0 Å². The van der Waals surface area contributed by atoms with Crippen molar-refractivity contribution in [2.75, 3.05) is 0 Å². The third kappa shape index (κ3) is 2.73. The molecule has 2 atom stereocenters. The van der Waals surface area contributed by atoms with Gasteiger partial charge in [0, 0.05) is 44.1 Å². The molecule has 0 radical (unpaired) electrons. The molecule has 0 aromatic heterocycles. The molecule has 0 N–H and O–H groups in total. The van der Waals surface area contributed by atoms with E-state index in [2.05, 4.69) is 0 Å². The number of fused-ring (bicyclic) bond motifs is 4. The molecule has 2 aliphatic carbocycles. The van der Waals surface area contributed by atoms with E-state index in [1.165, 1.54) is 0 Å². The molecule has 0 heterocycles. The van der Waals surface area contributed by atoms with Gasteiger partial charge in [-0.2, -0.15) is 0 Å². The second kappa shape index (κ2) is 7.16. The Balaban J connectivity index is 1.70. The van der Waals surface area contributed by atoms with E-state index in [1.54, 1.807) is 12.1 Å². The van der Waals surface area contributed by atoms with Crippen LogP contribution in [-0.2, 0) is 0 Å². The van der Waals surface area contributed by atoms with Gasteiger partial charge in [-0.1, -0.05) is 83.9 Å². The number of rotatable bonds is 1. The first-order valence-corrected chi connectivity index (χ1v) is 11.2. The molecule has 4 aromatic rings. The van der Waals surface area contributed by atoms with E-state index >= 15 is 0 Å². The van der Waals surface area contributed by atoms with E-state index in [0.29, 0.717) is 32.3 Å². The lowest BCUT2D eigenvalue weighted by atomic mass is 9.64. The molecule has 0 saturated carbocycles. The van der Waals surface area contributed by atoms with Crippen molar-refractivity contribution in [1.29, 1.82) is 0 Å². The summed E-state index contributed by atoms with van der Waals surface area (Å²) >= 11 is 12.6. The third-order valence-corrected chi connectivity index (χ3v) is 7.07. The molecule has 0 saturated heterocycles. The van der Waals surface area contributed by atoms with Gasteiger partial charge in [0.2, 0.25) is 0 Å². The van der Waals surface area contributed by atoms with Gasteiger partial charge in [-0.3, -0.25) is 9.59 Å². The summed E-state index contributed by atoms with van der Waals surface area (Å²) in [7, 11) is 0. The predicted octanol–water partition coefficient (Wildman–Crippen LogP) is 7.05. The second-order valence-corrected chi connectivity index (χ2v) is 9.12. The summed E-state index contributed by atoms with van der Waals surface area (Å²) in [5, 5.41) is 1.06. The topological polar surface area (TPSA) is 34.1 Å². The van der Waals surface area contributed by atoms with Gasteiger partial charge in [0.1, 0.15) is 0 Å². The molecule has 2 nitrogen and oxygen atoms in total. The van der Waals surface area contributed by atoms with Crippen molar-refractivity contribution >= 4 is 34.8 Å². The molecular weight excluding hydrogens is 439 g/mol. The summed E-state index contributed by atoms with van der Waals surface area (Å²) < 4.78 is 0. The molecular formula is C28H16Cl2O2. The molecule has 4 heteroatoms. The Hall–Kier alpha value is -3.20. The summed E-state index contributed by atoms with van der Waals surface area (Å²) in [4.78, 5) is 26.7. The van der Waals surface area contributed by atoms with E-state index < -0.39 is 0 Å². The van der Waals surface area contributed by atoms with Crippen molar-refractivity contribution in [3.63, 3.8) is 0 Å². The maximum absolute atomic E-state index is 13.3. The Labute approximate surface area is 195 Å². The van der Waals surface area contributed by atoms with E-state index in [9.17, 15) is 9.59 Å². The summed E-state index contributed by atoms with van der Waals surface area (Å²) in [5.41, 5.74) is 6.36. The fourth-order valence-electron chi connectivity index (χ4n) is 5.29. The number of halogens is 2. The van der Waals surface area contributed by atoms with Gasteiger partial charge in [-0.25, -0.2) is 0 Å². The Bertz CT molecular complexity index is 1340. The SMILES string of the molecule is O=C1c2ccccc2C(C2c3ccccc3C(=O)c3cc(Cl)ccc32)c2ccc(Cl)cc21. The third-order valence-electron chi connectivity index (χ3n) is 6.60. The molecule has 0 spiro atoms. The van der Waals surface area contributed by atoms with Gasteiger partial charge >= 0.3 is 0 Å². The fraction of sp³-hybridized carbons (Fsp3) is 0.0714. The van der Waals surface area contributed by atoms with E-state index in [4.69, 9.17) is 23.2 Å². The highest BCUT2D eigenvalue weighted by Crippen LogP contribution is 2.51. The number of hydrogen-bond donors (Lipinski definition) is 0. The van der Waals surface area contributed by atoms with E-state index in [-0.39, 0.29) is 23.4 Å². The van der Waals surface area contributed by atoms with Gasteiger partial charge in [0.15, 0.2) is 11.6 Å². The molecule has 32 heavy (non-hydrogen) atoms. The largest absolute Gasteiger partial charge is 0.289 e. The number of benzene rings is 4. The van der Waals surface area contributed by atoms with Gasteiger partial charge in [-0.15, -0.1) is 0 Å². The van der Waals surface area contributed by atoms with Crippen LogP contribution in [0.1, 0.15) is 65.9 Å². The van der Waals surface area contributed by atoms with Crippen LogP contribution in [0.4, 0.5) is 0 Å². The van der Waals surface area contributed by atoms with Gasteiger partial charge in [0.05, 0.1) is 0 Å². The van der Waals surface area contributed by atoms with Crippen LogP contribution in [0.15, 0.2) is 84.9 Å². The summed E-state index contributed by atoms with van der Waals surface area (Å²) in [6, 6.07) is 26.5. The first kappa shape index (κ1) is 19.5. The molecule has 4 aromatic carbocycles. The fourth-order valence-corrected chi connectivity index (χ4v) is 5.63. The molecule has 2 unspecified atom stereocenters. The number of ketones is 2. The average molecular weight is 455 g/mol. The molecule has 2 aliphatic rings. The first-order chi connectivity index (χ1) is 15.5. The second-order valence-electron chi connectivity index (χ2n) is 8.25. The first-order valence-electron chi connectivity index (χ1n) is 10.4. The molecule has 6 rings (SSSR count). The van der Waals surface area contributed by atoms with Crippen LogP contribution in [0, 0.1) is 0 Å². The monoisotopic (exact) mass is 454 g/mol. The van der Waals surface area contributed by atoms with Gasteiger partial charge in [-0.05, 0) is 46.5 Å². The van der Waals surface area contributed by atoms with E-state index in [1.807, 2.05) is 72.8 Å². The Morgan fingerprint density at radius 3 is 1.28 bits per heavy atom. The molecule has 0 amide bonds. The lowest BCUT2D eigenvalue weighted by Gasteiger charge is -2.38.